The van der Waals surface area contributed by atoms with Gasteiger partial charge in [-0.05, 0) is 38.7 Å². The topological polar surface area (TPSA) is 102 Å². The average Bonchev–Trinajstić information content (AvgIpc) is 3.25. The summed E-state index contributed by atoms with van der Waals surface area (Å²) >= 11 is 0. The van der Waals surface area contributed by atoms with Gasteiger partial charge in [0.05, 0.1) is 32.2 Å². The fraction of sp³-hybridized carbons (Fsp3) is 0.600. The summed E-state index contributed by atoms with van der Waals surface area (Å²) in [6.07, 6.45) is 6.49. The van der Waals surface area contributed by atoms with Crippen LogP contribution in [0.5, 0.6) is 0 Å². The Hall–Kier alpha value is -2.17. The Morgan fingerprint density at radius 3 is 2.50 bits per heavy atom. The third-order valence-corrected chi connectivity index (χ3v) is 8.23. The number of hydrogen-bond donors (Lipinski definition) is 1. The van der Waals surface area contributed by atoms with Crippen LogP contribution < -0.4 is 9.62 Å². The van der Waals surface area contributed by atoms with Crippen LogP contribution in [0.3, 0.4) is 0 Å². The average molecular weight is 435 g/mol. The third kappa shape index (κ3) is 3.27. The smallest absolute Gasteiger partial charge is 0.356 e. The molecule has 2 aliphatic heterocycles. The molecule has 1 saturated carbocycles. The minimum absolute atomic E-state index is 0.119. The summed E-state index contributed by atoms with van der Waals surface area (Å²) in [6.45, 7) is 5.06. The molecule has 2 aromatic heterocycles. The van der Waals surface area contributed by atoms with Gasteiger partial charge in [0.15, 0.2) is 11.3 Å². The maximum Gasteiger partial charge on any atom is 0.356 e. The minimum Gasteiger partial charge on any atom is -0.464 e. The van der Waals surface area contributed by atoms with Gasteiger partial charge in [-0.15, -0.1) is 0 Å². The summed E-state index contributed by atoms with van der Waals surface area (Å²) in [6, 6.07) is 1.67. The van der Waals surface area contributed by atoms with Gasteiger partial charge in [0.2, 0.25) is 10.0 Å². The molecule has 0 atom stereocenters. The van der Waals surface area contributed by atoms with Gasteiger partial charge >= 0.3 is 5.97 Å². The Labute approximate surface area is 175 Å². The zero-order valence-corrected chi connectivity index (χ0v) is 18.0. The zero-order chi connectivity index (χ0) is 21.1. The Balaban J connectivity index is 1.58. The van der Waals surface area contributed by atoms with E-state index >= 15 is 0 Å². The molecule has 0 amide bonds. The first kappa shape index (κ1) is 19.8. The molecule has 162 valence electrons. The lowest BCUT2D eigenvalue weighted by Gasteiger charge is -2.47. The van der Waals surface area contributed by atoms with E-state index in [1.54, 1.807) is 6.07 Å². The number of aromatic nitrogens is 2. The highest BCUT2D eigenvalue weighted by Crippen LogP contribution is 2.41. The number of methoxy groups -OCH3 is 1. The third-order valence-electron chi connectivity index (χ3n) is 6.63. The number of nitrogens with one attached hydrogen (secondary N) is 1. The Bertz CT molecular complexity index is 1110. The lowest BCUT2D eigenvalue weighted by molar-refractivity contribution is -0.124. The van der Waals surface area contributed by atoms with Crippen molar-refractivity contribution < 1.29 is 22.7 Å². The Morgan fingerprint density at radius 2 is 1.93 bits per heavy atom. The monoisotopic (exact) mass is 434 g/mol. The first-order chi connectivity index (χ1) is 14.2. The van der Waals surface area contributed by atoms with Crippen molar-refractivity contribution in [1.82, 2.24) is 14.1 Å². The van der Waals surface area contributed by atoms with Gasteiger partial charge in [-0.25, -0.2) is 22.9 Å². The van der Waals surface area contributed by atoms with Crippen LogP contribution in [-0.2, 0) is 19.5 Å². The second-order valence-electron chi connectivity index (χ2n) is 9.04. The van der Waals surface area contributed by atoms with Gasteiger partial charge in [-0.1, -0.05) is 0 Å². The lowest BCUT2D eigenvalue weighted by Crippen LogP contribution is -2.51. The maximum absolute atomic E-state index is 13.1. The maximum atomic E-state index is 13.1. The van der Waals surface area contributed by atoms with Crippen LogP contribution in [0.2, 0.25) is 0 Å². The number of imidazole rings is 1. The van der Waals surface area contributed by atoms with Crippen molar-refractivity contribution in [1.29, 1.82) is 0 Å². The zero-order valence-electron chi connectivity index (χ0n) is 17.2. The molecule has 9 nitrogen and oxygen atoms in total. The van der Waals surface area contributed by atoms with Gasteiger partial charge in [-0.3, -0.25) is 4.40 Å². The van der Waals surface area contributed by atoms with Gasteiger partial charge in [0, 0.05) is 30.2 Å². The first-order valence-electron chi connectivity index (χ1n) is 10.2. The summed E-state index contributed by atoms with van der Waals surface area (Å²) < 4.78 is 40.8. The standard InChI is InChI=1S/C20H26N4O5S/c1-19(3-4-19)22-30(26,27)14-9-15(23-7-5-20(6-8-23)12-29-13-20)17-21-10-16(18(25)28-2)24(17)11-14/h9-11,22H,3-8,12-13H2,1-2H3. The van der Waals surface area contributed by atoms with Crippen molar-refractivity contribution in [2.45, 2.75) is 43.0 Å². The molecular weight excluding hydrogens is 408 g/mol. The van der Waals surface area contributed by atoms with Gasteiger partial charge < -0.3 is 14.4 Å². The number of nitrogens with zero attached hydrogens (tertiary/aromatic N) is 3. The van der Waals surface area contributed by atoms with Crippen LogP contribution in [0, 0.1) is 5.41 Å². The summed E-state index contributed by atoms with van der Waals surface area (Å²) in [7, 11) is -2.45. The van der Waals surface area contributed by atoms with Crippen LogP contribution in [-0.4, -0.2) is 62.7 Å². The molecule has 1 spiro atoms. The Kier molecular flexibility index (Phi) is 4.39. The van der Waals surface area contributed by atoms with Crippen LogP contribution >= 0.6 is 0 Å². The predicted molar refractivity (Wildman–Crippen MR) is 109 cm³/mol. The number of esters is 1. The number of carbonyl (C=O) groups is 1. The molecule has 1 aliphatic carbocycles. The molecule has 10 heteroatoms. The predicted octanol–water partition coefficient (Wildman–Crippen LogP) is 1.57. The fourth-order valence-electron chi connectivity index (χ4n) is 4.25. The fourth-order valence-corrected chi connectivity index (χ4v) is 5.74. The highest BCUT2D eigenvalue weighted by Gasteiger charge is 2.43. The Morgan fingerprint density at radius 1 is 1.23 bits per heavy atom. The second-order valence-corrected chi connectivity index (χ2v) is 10.7. The summed E-state index contributed by atoms with van der Waals surface area (Å²) in [5, 5.41) is 0. The van der Waals surface area contributed by atoms with Crippen molar-refractivity contribution in [2.75, 3.05) is 38.3 Å². The normalized spacial score (nSPS) is 22.1. The van der Waals surface area contributed by atoms with Crippen molar-refractivity contribution >= 4 is 27.3 Å². The van der Waals surface area contributed by atoms with Crippen molar-refractivity contribution in [3.05, 3.63) is 24.2 Å². The molecule has 0 bridgehead atoms. The molecule has 0 unspecified atom stereocenters. The molecule has 3 fully saturated rings. The van der Waals surface area contributed by atoms with Crippen LogP contribution in [0.1, 0.15) is 43.1 Å². The number of ether oxygens (including phenoxy) is 2. The quantitative estimate of drug-likeness (QED) is 0.713. The van der Waals surface area contributed by atoms with E-state index in [4.69, 9.17) is 9.47 Å². The SMILES string of the molecule is COC(=O)c1cnc2c(N3CCC4(CC3)COC4)cc(S(=O)(=O)NC3(C)CC3)cn12. The molecule has 5 rings (SSSR count). The van der Waals surface area contributed by atoms with E-state index in [1.165, 1.54) is 23.9 Å². The van der Waals surface area contributed by atoms with Crippen LogP contribution in [0.4, 0.5) is 5.69 Å². The molecule has 2 aromatic rings. The molecule has 2 saturated heterocycles. The van der Waals surface area contributed by atoms with E-state index in [2.05, 4.69) is 14.6 Å². The van der Waals surface area contributed by atoms with Gasteiger partial charge in [-0.2, -0.15) is 0 Å². The van der Waals surface area contributed by atoms with E-state index in [1.807, 2.05) is 6.92 Å². The number of anilines is 1. The molecule has 1 N–H and O–H groups in total. The largest absolute Gasteiger partial charge is 0.464 e. The number of piperidine rings is 1. The van der Waals surface area contributed by atoms with E-state index < -0.39 is 21.5 Å². The van der Waals surface area contributed by atoms with E-state index in [0.29, 0.717) is 11.3 Å². The van der Waals surface area contributed by atoms with Gasteiger partial charge in [0.25, 0.3) is 0 Å². The van der Waals surface area contributed by atoms with Crippen LogP contribution in [0.25, 0.3) is 5.65 Å². The van der Waals surface area contributed by atoms with E-state index in [-0.39, 0.29) is 16.0 Å². The number of sulfonamides is 1. The molecular formula is C20H26N4O5S. The van der Waals surface area contributed by atoms with Crippen molar-refractivity contribution in [3.8, 4) is 0 Å². The summed E-state index contributed by atoms with van der Waals surface area (Å²) in [5.74, 6) is -0.561. The number of carbonyl (C=O) groups excluding carboxylic acids is 1. The van der Waals surface area contributed by atoms with Crippen LogP contribution in [0.15, 0.2) is 23.4 Å². The molecule has 4 heterocycles. The highest BCUT2D eigenvalue weighted by molar-refractivity contribution is 7.89. The van der Waals surface area contributed by atoms with E-state index in [0.717, 1.165) is 52.0 Å². The molecule has 3 aliphatic rings. The minimum atomic E-state index is -3.75. The van der Waals surface area contributed by atoms with Crippen molar-refractivity contribution in [2.24, 2.45) is 5.41 Å². The van der Waals surface area contributed by atoms with E-state index in [9.17, 15) is 13.2 Å². The molecule has 0 radical (unpaired) electrons. The number of rotatable bonds is 5. The number of pyridine rings is 1. The number of fused-ring (bicyclic) bond motifs is 1. The van der Waals surface area contributed by atoms with Crippen molar-refractivity contribution in [3.63, 3.8) is 0 Å². The lowest BCUT2D eigenvalue weighted by atomic mass is 9.77. The van der Waals surface area contributed by atoms with Gasteiger partial charge in [0.1, 0.15) is 4.90 Å². The first-order valence-corrected chi connectivity index (χ1v) is 11.7. The number of hydrogen-bond acceptors (Lipinski definition) is 7. The molecule has 0 aromatic carbocycles. The summed E-state index contributed by atoms with van der Waals surface area (Å²) in [5.41, 5.74) is 1.32. The summed E-state index contributed by atoms with van der Waals surface area (Å²) in [4.78, 5) is 18.9. The highest BCUT2D eigenvalue weighted by atomic mass is 32.2. The molecule has 30 heavy (non-hydrogen) atoms. The second kappa shape index (κ2) is 6.66.